The maximum atomic E-state index is 13.4. The highest BCUT2D eigenvalue weighted by molar-refractivity contribution is 7.09. The van der Waals surface area contributed by atoms with E-state index >= 15 is 0 Å². The molecule has 25 heavy (non-hydrogen) atoms. The van der Waals surface area contributed by atoms with E-state index in [1.807, 2.05) is 23.6 Å². The summed E-state index contributed by atoms with van der Waals surface area (Å²) in [7, 11) is 0. The van der Waals surface area contributed by atoms with Gasteiger partial charge in [-0.1, -0.05) is 17.7 Å². The van der Waals surface area contributed by atoms with Crippen LogP contribution < -0.4 is 11.1 Å². The third kappa shape index (κ3) is 3.76. The standard InChI is InChI=1S/C17H16ClFN4OS/c1-9(19)12(21)6-14-15(18)16-17(24-14)13(5-10(7-20)23-16)22-8-11-3-2-4-25-11/h2-5,9,12H,6,8,21H2,1H3,(H,22,23)/t9-,12+/m0/s1. The van der Waals surface area contributed by atoms with Crippen LogP contribution in [0.15, 0.2) is 28.0 Å². The molecule has 5 nitrogen and oxygen atoms in total. The van der Waals surface area contributed by atoms with E-state index in [2.05, 4.69) is 10.3 Å². The maximum absolute atomic E-state index is 13.4. The number of nitrogens with zero attached hydrogens (tertiary/aromatic N) is 2. The second kappa shape index (κ2) is 7.40. The lowest BCUT2D eigenvalue weighted by Gasteiger charge is -2.10. The molecule has 3 heterocycles. The number of aromatic nitrogens is 1. The van der Waals surface area contributed by atoms with Gasteiger partial charge in [-0.05, 0) is 18.4 Å². The molecule has 0 aromatic carbocycles. The van der Waals surface area contributed by atoms with Gasteiger partial charge in [0.15, 0.2) is 5.58 Å². The van der Waals surface area contributed by atoms with Gasteiger partial charge in [-0.25, -0.2) is 9.37 Å². The van der Waals surface area contributed by atoms with Crippen LogP contribution in [0.2, 0.25) is 5.02 Å². The number of fused-ring (bicyclic) bond motifs is 1. The molecule has 3 rings (SSSR count). The van der Waals surface area contributed by atoms with Crippen molar-refractivity contribution in [3.05, 3.63) is 44.9 Å². The lowest BCUT2D eigenvalue weighted by atomic mass is 10.1. The second-order valence-electron chi connectivity index (χ2n) is 5.66. The number of pyridine rings is 1. The van der Waals surface area contributed by atoms with Crippen molar-refractivity contribution in [2.24, 2.45) is 5.73 Å². The number of nitriles is 1. The molecular weight excluding hydrogens is 363 g/mol. The van der Waals surface area contributed by atoms with Gasteiger partial charge < -0.3 is 15.5 Å². The van der Waals surface area contributed by atoms with Crippen LogP contribution in [0.4, 0.5) is 10.1 Å². The Kier molecular flexibility index (Phi) is 5.23. The van der Waals surface area contributed by atoms with Crippen LogP contribution in [0.5, 0.6) is 0 Å². The molecular formula is C17H16ClFN4OS. The lowest BCUT2D eigenvalue weighted by Crippen LogP contribution is -2.31. The number of hydrogen-bond acceptors (Lipinski definition) is 6. The number of nitrogens with one attached hydrogen (secondary N) is 1. The number of alkyl halides is 1. The number of rotatable bonds is 6. The molecule has 0 saturated heterocycles. The van der Waals surface area contributed by atoms with Crippen molar-refractivity contribution in [1.29, 1.82) is 5.26 Å². The minimum Gasteiger partial charge on any atom is -0.455 e. The van der Waals surface area contributed by atoms with Crippen LogP contribution in [-0.2, 0) is 13.0 Å². The zero-order valence-corrected chi connectivity index (χ0v) is 15.0. The summed E-state index contributed by atoms with van der Waals surface area (Å²) < 4.78 is 19.2. The average Bonchev–Trinajstić information content (AvgIpc) is 3.22. The van der Waals surface area contributed by atoms with Crippen molar-refractivity contribution >= 4 is 39.7 Å². The molecule has 2 atom stereocenters. The summed E-state index contributed by atoms with van der Waals surface area (Å²) in [6.07, 6.45) is -1.04. The quantitative estimate of drug-likeness (QED) is 0.669. The molecule has 0 radical (unpaired) electrons. The van der Waals surface area contributed by atoms with Crippen molar-refractivity contribution in [1.82, 2.24) is 4.98 Å². The molecule has 0 aliphatic heterocycles. The van der Waals surface area contributed by atoms with Crippen molar-refractivity contribution in [2.45, 2.75) is 32.1 Å². The zero-order valence-electron chi connectivity index (χ0n) is 13.4. The first-order valence-electron chi connectivity index (χ1n) is 7.67. The third-order valence-electron chi connectivity index (χ3n) is 3.81. The Bertz CT molecular complexity index is 917. The van der Waals surface area contributed by atoms with E-state index in [1.54, 1.807) is 17.4 Å². The van der Waals surface area contributed by atoms with Crippen molar-refractivity contribution < 1.29 is 8.81 Å². The Balaban J connectivity index is 1.99. The van der Waals surface area contributed by atoms with Gasteiger partial charge in [0.25, 0.3) is 0 Å². The summed E-state index contributed by atoms with van der Waals surface area (Å²) in [5, 5.41) is 14.7. The van der Waals surface area contributed by atoms with E-state index in [-0.39, 0.29) is 17.1 Å². The summed E-state index contributed by atoms with van der Waals surface area (Å²) in [5.74, 6) is 0.371. The molecule has 130 valence electrons. The largest absolute Gasteiger partial charge is 0.455 e. The molecule has 0 amide bonds. The SMILES string of the molecule is C[C@H](F)[C@H](N)Cc1oc2c(NCc3cccs3)cc(C#N)nc2c1Cl. The Hall–Kier alpha value is -2.14. The van der Waals surface area contributed by atoms with E-state index in [0.717, 1.165) is 4.88 Å². The van der Waals surface area contributed by atoms with E-state index in [0.29, 0.717) is 29.1 Å². The second-order valence-corrected chi connectivity index (χ2v) is 7.07. The molecule has 3 aromatic heterocycles. The third-order valence-corrected chi connectivity index (χ3v) is 5.08. The first-order chi connectivity index (χ1) is 12.0. The molecule has 0 fully saturated rings. The van der Waals surface area contributed by atoms with E-state index in [4.69, 9.17) is 21.8 Å². The van der Waals surface area contributed by atoms with Gasteiger partial charge in [0.2, 0.25) is 0 Å². The normalized spacial score (nSPS) is 13.6. The van der Waals surface area contributed by atoms with Crippen molar-refractivity contribution in [2.75, 3.05) is 5.32 Å². The highest BCUT2D eigenvalue weighted by atomic mass is 35.5. The zero-order chi connectivity index (χ0) is 18.0. The van der Waals surface area contributed by atoms with Gasteiger partial charge in [-0.3, -0.25) is 0 Å². The highest BCUT2D eigenvalue weighted by Gasteiger charge is 2.22. The number of thiophene rings is 1. The fourth-order valence-corrected chi connectivity index (χ4v) is 3.27. The summed E-state index contributed by atoms with van der Waals surface area (Å²) in [4.78, 5) is 5.35. The lowest BCUT2D eigenvalue weighted by molar-refractivity contribution is 0.296. The Morgan fingerprint density at radius 2 is 2.36 bits per heavy atom. The van der Waals surface area contributed by atoms with Gasteiger partial charge in [0.05, 0.1) is 5.69 Å². The van der Waals surface area contributed by atoms with Gasteiger partial charge in [-0.2, -0.15) is 5.26 Å². The molecule has 0 saturated carbocycles. The fourth-order valence-electron chi connectivity index (χ4n) is 2.38. The molecule has 0 aliphatic carbocycles. The van der Waals surface area contributed by atoms with Crippen LogP contribution in [0.1, 0.15) is 23.3 Å². The van der Waals surface area contributed by atoms with Crippen LogP contribution in [0, 0.1) is 11.3 Å². The minimum atomic E-state index is -1.19. The van der Waals surface area contributed by atoms with E-state index in [1.165, 1.54) is 6.92 Å². The van der Waals surface area contributed by atoms with Crippen LogP contribution in [-0.4, -0.2) is 17.2 Å². The average molecular weight is 379 g/mol. The Morgan fingerprint density at radius 1 is 1.56 bits per heavy atom. The predicted octanol–water partition coefficient (Wildman–Crippen LogP) is 4.25. The number of hydrogen-bond donors (Lipinski definition) is 2. The van der Waals surface area contributed by atoms with E-state index in [9.17, 15) is 9.65 Å². The number of furan rings is 1. The molecule has 3 N–H and O–H groups in total. The highest BCUT2D eigenvalue weighted by Crippen LogP contribution is 2.35. The summed E-state index contributed by atoms with van der Waals surface area (Å²) in [6, 6.07) is 6.86. The first kappa shape index (κ1) is 17.7. The molecule has 0 spiro atoms. The van der Waals surface area contributed by atoms with Crippen molar-refractivity contribution in [3.8, 4) is 6.07 Å². The van der Waals surface area contributed by atoms with Gasteiger partial charge >= 0.3 is 0 Å². The number of anilines is 1. The summed E-state index contributed by atoms with van der Waals surface area (Å²) >= 11 is 7.96. The molecule has 0 unspecified atom stereocenters. The molecule has 0 bridgehead atoms. The van der Waals surface area contributed by atoms with Crippen LogP contribution in [0.3, 0.4) is 0 Å². The first-order valence-corrected chi connectivity index (χ1v) is 8.93. The predicted molar refractivity (Wildman–Crippen MR) is 97.6 cm³/mol. The van der Waals surface area contributed by atoms with Gasteiger partial charge in [0, 0.05) is 30.0 Å². The van der Waals surface area contributed by atoms with Crippen molar-refractivity contribution in [3.63, 3.8) is 0 Å². The molecule has 8 heteroatoms. The van der Waals surface area contributed by atoms with Crippen LogP contribution in [0.25, 0.3) is 11.1 Å². The monoisotopic (exact) mass is 378 g/mol. The summed E-state index contributed by atoms with van der Waals surface area (Å²) in [5.41, 5.74) is 7.43. The maximum Gasteiger partial charge on any atom is 0.177 e. The molecule has 3 aromatic rings. The Morgan fingerprint density at radius 3 is 3.00 bits per heavy atom. The minimum absolute atomic E-state index is 0.152. The van der Waals surface area contributed by atoms with Gasteiger partial charge in [0.1, 0.15) is 34.2 Å². The number of nitrogens with two attached hydrogens (primary N) is 1. The van der Waals surface area contributed by atoms with Crippen LogP contribution >= 0.6 is 22.9 Å². The fraction of sp³-hybridized carbons (Fsp3) is 0.294. The number of halogens is 2. The molecule has 0 aliphatic rings. The summed E-state index contributed by atoms with van der Waals surface area (Å²) in [6.45, 7) is 1.97. The topological polar surface area (TPSA) is 87.9 Å². The smallest absolute Gasteiger partial charge is 0.177 e. The van der Waals surface area contributed by atoms with E-state index < -0.39 is 12.2 Å². The Labute approximate surface area is 153 Å². The van der Waals surface area contributed by atoms with Gasteiger partial charge in [-0.15, -0.1) is 11.3 Å².